The van der Waals surface area contributed by atoms with E-state index in [9.17, 15) is 0 Å². The second-order valence-corrected chi connectivity index (χ2v) is 14.8. The lowest BCUT2D eigenvalue weighted by molar-refractivity contribution is 0.669. The average Bonchev–Trinajstić information content (AvgIpc) is 3.77. The van der Waals surface area contributed by atoms with Gasteiger partial charge in [0.25, 0.3) is 0 Å². The number of thiophene rings is 1. The highest BCUT2D eigenvalue weighted by Crippen LogP contribution is 2.44. The lowest BCUT2D eigenvalue weighted by Crippen LogP contribution is -2.09. The molecule has 0 unspecified atom stereocenters. The third-order valence-electron chi connectivity index (χ3n) is 10.6. The largest absolute Gasteiger partial charge is 0.456 e. The first kappa shape index (κ1) is 30.0. The molecule has 0 N–H and O–H groups in total. The minimum atomic E-state index is 0.891. The zero-order valence-electron chi connectivity index (χ0n) is 28.7. The van der Waals surface area contributed by atoms with E-state index in [4.69, 9.17) is 4.42 Å². The van der Waals surface area contributed by atoms with Crippen LogP contribution in [0.25, 0.3) is 85.9 Å². The van der Waals surface area contributed by atoms with Crippen LogP contribution in [0.2, 0.25) is 0 Å². The summed E-state index contributed by atoms with van der Waals surface area (Å²) in [5.41, 5.74) is 9.97. The van der Waals surface area contributed by atoms with Gasteiger partial charge in [-0.05, 0) is 104 Å². The number of hydrogen-bond acceptors (Lipinski definition) is 3. The van der Waals surface area contributed by atoms with E-state index in [1.807, 2.05) is 23.5 Å². The molecule has 9 aromatic carbocycles. The standard InChI is InChI=1S/C50H31NOS/c1-2-10-32(11-3-1)40-17-8-14-34-15-9-18-41(50(34)40)33-20-22-37(23-21-33)51(38-25-27-47-44(30-38)42-16-6-7-19-46(42)52-47)39-24-26-43-45-28-35-12-4-5-13-36(35)29-48(45)53-49(43)31-39/h1-31H. The van der Waals surface area contributed by atoms with Gasteiger partial charge >= 0.3 is 0 Å². The van der Waals surface area contributed by atoms with E-state index in [1.54, 1.807) is 0 Å². The van der Waals surface area contributed by atoms with Crippen molar-refractivity contribution in [3.8, 4) is 22.3 Å². The Morgan fingerprint density at radius 3 is 1.77 bits per heavy atom. The Morgan fingerprint density at radius 2 is 0.962 bits per heavy atom. The van der Waals surface area contributed by atoms with Crippen molar-refractivity contribution < 1.29 is 4.42 Å². The van der Waals surface area contributed by atoms with Crippen LogP contribution in [0.5, 0.6) is 0 Å². The van der Waals surface area contributed by atoms with Gasteiger partial charge in [-0.15, -0.1) is 11.3 Å². The van der Waals surface area contributed by atoms with Gasteiger partial charge in [0.05, 0.1) is 0 Å². The van der Waals surface area contributed by atoms with E-state index in [2.05, 4.69) is 181 Å². The summed E-state index contributed by atoms with van der Waals surface area (Å²) in [6, 6.07) is 68.1. The van der Waals surface area contributed by atoms with Crippen LogP contribution in [0.3, 0.4) is 0 Å². The van der Waals surface area contributed by atoms with Crippen molar-refractivity contribution in [3.63, 3.8) is 0 Å². The summed E-state index contributed by atoms with van der Waals surface area (Å²) in [5.74, 6) is 0. The van der Waals surface area contributed by atoms with Crippen molar-refractivity contribution in [2.75, 3.05) is 4.90 Å². The minimum absolute atomic E-state index is 0.891. The molecule has 0 fully saturated rings. The third-order valence-corrected chi connectivity index (χ3v) is 11.7. The number of hydrogen-bond donors (Lipinski definition) is 0. The average molecular weight is 694 g/mol. The van der Waals surface area contributed by atoms with Crippen LogP contribution < -0.4 is 4.90 Å². The number of anilines is 3. The lowest BCUT2D eigenvalue weighted by Gasteiger charge is -2.26. The fraction of sp³-hybridized carbons (Fsp3) is 0. The molecule has 3 heteroatoms. The number of benzene rings is 9. The molecule has 2 nitrogen and oxygen atoms in total. The number of para-hydroxylation sites is 1. The topological polar surface area (TPSA) is 16.4 Å². The Kier molecular flexibility index (Phi) is 6.76. The van der Waals surface area contributed by atoms with Crippen LogP contribution in [-0.2, 0) is 0 Å². The van der Waals surface area contributed by atoms with Crippen LogP contribution in [0, 0.1) is 0 Å². The first-order valence-corrected chi connectivity index (χ1v) is 18.8. The van der Waals surface area contributed by atoms with E-state index in [0.717, 1.165) is 39.0 Å². The first-order valence-electron chi connectivity index (χ1n) is 18.0. The molecule has 248 valence electrons. The molecule has 0 spiro atoms. The molecule has 0 amide bonds. The predicted molar refractivity (Wildman–Crippen MR) is 227 cm³/mol. The van der Waals surface area contributed by atoms with Crippen LogP contribution in [0.1, 0.15) is 0 Å². The normalized spacial score (nSPS) is 11.8. The Labute approximate surface area is 310 Å². The maximum absolute atomic E-state index is 6.25. The minimum Gasteiger partial charge on any atom is -0.456 e. The van der Waals surface area contributed by atoms with Gasteiger partial charge in [-0.1, -0.05) is 127 Å². The maximum atomic E-state index is 6.25. The molecule has 0 saturated heterocycles. The number of rotatable bonds is 5. The molecule has 2 aromatic heterocycles. The molecule has 0 aliphatic carbocycles. The molecule has 0 atom stereocenters. The van der Waals surface area contributed by atoms with Crippen molar-refractivity contribution >= 4 is 92.1 Å². The van der Waals surface area contributed by atoms with Crippen molar-refractivity contribution in [3.05, 3.63) is 188 Å². The second-order valence-electron chi connectivity index (χ2n) is 13.7. The molecule has 0 aliphatic rings. The summed E-state index contributed by atoms with van der Waals surface area (Å²) in [6.07, 6.45) is 0. The van der Waals surface area contributed by atoms with E-state index in [-0.39, 0.29) is 0 Å². The first-order chi connectivity index (χ1) is 26.2. The summed E-state index contributed by atoms with van der Waals surface area (Å²) >= 11 is 1.86. The van der Waals surface area contributed by atoms with Gasteiger partial charge in [0.1, 0.15) is 11.2 Å². The molecule has 0 radical (unpaired) electrons. The molecule has 0 saturated carbocycles. The third kappa shape index (κ3) is 4.93. The Morgan fingerprint density at radius 1 is 0.358 bits per heavy atom. The molecule has 0 aliphatic heterocycles. The van der Waals surface area contributed by atoms with E-state index >= 15 is 0 Å². The van der Waals surface area contributed by atoms with Gasteiger partial charge in [-0.2, -0.15) is 0 Å². The van der Waals surface area contributed by atoms with Gasteiger partial charge in [-0.3, -0.25) is 0 Å². The van der Waals surface area contributed by atoms with Crippen molar-refractivity contribution in [2.45, 2.75) is 0 Å². The predicted octanol–water partition coefficient (Wildman–Crippen LogP) is 15.1. The zero-order valence-corrected chi connectivity index (χ0v) is 29.5. The SMILES string of the molecule is c1ccc(-c2cccc3cccc(-c4ccc(N(c5ccc6c(c5)sc5cc7ccccc7cc56)c5ccc6oc7ccccc7c6c5)cc4)c23)cc1. The quantitative estimate of drug-likeness (QED) is 0.178. The van der Waals surface area contributed by atoms with Crippen LogP contribution in [-0.4, -0.2) is 0 Å². The molecule has 11 rings (SSSR count). The van der Waals surface area contributed by atoms with Gasteiger partial charge in [0, 0.05) is 48.0 Å². The highest BCUT2D eigenvalue weighted by molar-refractivity contribution is 7.25. The Balaban J connectivity index is 1.08. The molecular weight excluding hydrogens is 663 g/mol. The lowest BCUT2D eigenvalue weighted by atomic mass is 9.91. The number of fused-ring (bicyclic) bond motifs is 8. The van der Waals surface area contributed by atoms with Crippen molar-refractivity contribution in [2.24, 2.45) is 0 Å². The van der Waals surface area contributed by atoms with Gasteiger partial charge in [0.2, 0.25) is 0 Å². The van der Waals surface area contributed by atoms with Crippen LogP contribution >= 0.6 is 11.3 Å². The van der Waals surface area contributed by atoms with Crippen molar-refractivity contribution in [1.82, 2.24) is 0 Å². The molecule has 53 heavy (non-hydrogen) atoms. The van der Waals surface area contributed by atoms with Gasteiger partial charge < -0.3 is 9.32 Å². The molecule has 2 heterocycles. The molecular formula is C50H31NOS. The van der Waals surface area contributed by atoms with E-state index in [1.165, 1.54) is 64.0 Å². The highest BCUT2D eigenvalue weighted by Gasteiger charge is 2.18. The molecule has 0 bridgehead atoms. The summed E-state index contributed by atoms with van der Waals surface area (Å²) in [7, 11) is 0. The second kappa shape index (κ2) is 11.9. The van der Waals surface area contributed by atoms with E-state index < -0.39 is 0 Å². The smallest absolute Gasteiger partial charge is 0.135 e. The fourth-order valence-corrected chi connectivity index (χ4v) is 9.29. The van der Waals surface area contributed by atoms with Crippen LogP contribution in [0.4, 0.5) is 17.1 Å². The fourth-order valence-electron chi connectivity index (χ4n) is 8.12. The zero-order chi connectivity index (χ0) is 34.9. The van der Waals surface area contributed by atoms with E-state index in [0.29, 0.717) is 0 Å². The van der Waals surface area contributed by atoms with Gasteiger partial charge in [-0.25, -0.2) is 0 Å². The summed E-state index contributed by atoms with van der Waals surface area (Å²) in [5, 5.41) is 9.88. The summed E-state index contributed by atoms with van der Waals surface area (Å²) in [4.78, 5) is 2.38. The molecule has 11 aromatic rings. The summed E-state index contributed by atoms with van der Waals surface area (Å²) < 4.78 is 8.83. The van der Waals surface area contributed by atoms with Gasteiger partial charge in [0.15, 0.2) is 0 Å². The Hall–Kier alpha value is -6.68. The summed E-state index contributed by atoms with van der Waals surface area (Å²) in [6.45, 7) is 0. The Bertz CT molecular complexity index is 3170. The highest BCUT2D eigenvalue weighted by atomic mass is 32.1. The number of nitrogens with zero attached hydrogens (tertiary/aromatic N) is 1. The van der Waals surface area contributed by atoms with Crippen LogP contribution in [0.15, 0.2) is 192 Å². The van der Waals surface area contributed by atoms with Crippen molar-refractivity contribution in [1.29, 1.82) is 0 Å². The monoisotopic (exact) mass is 693 g/mol. The maximum Gasteiger partial charge on any atom is 0.135 e. The number of furan rings is 1.